The van der Waals surface area contributed by atoms with Crippen LogP contribution in [-0.2, 0) is 0 Å². The number of nitrogens with two attached hydrogens (primary N) is 1. The van der Waals surface area contributed by atoms with Gasteiger partial charge >= 0.3 is 0 Å². The van der Waals surface area contributed by atoms with Gasteiger partial charge in [0.05, 0.1) is 0 Å². The van der Waals surface area contributed by atoms with Crippen molar-refractivity contribution in [1.82, 2.24) is 0 Å². The van der Waals surface area contributed by atoms with Gasteiger partial charge in [-0.1, -0.05) is 77.3 Å². The topological polar surface area (TPSA) is 26.0 Å². The molecule has 2 N–H and O–H groups in total. The third-order valence-electron chi connectivity index (χ3n) is 3.23. The molecule has 0 fully saturated rings. The van der Waals surface area contributed by atoms with Gasteiger partial charge in [-0.25, -0.2) is 0 Å². The van der Waals surface area contributed by atoms with Crippen LogP contribution in [0.15, 0.2) is 27.1 Å². The minimum Gasteiger partial charge on any atom is -0.324 e. The van der Waals surface area contributed by atoms with Gasteiger partial charge in [-0.3, -0.25) is 0 Å². The molecule has 0 aliphatic heterocycles. The minimum atomic E-state index is 0.142. The smallest absolute Gasteiger partial charge is 0.0306 e. The van der Waals surface area contributed by atoms with E-state index in [1.54, 1.807) is 0 Å². The highest BCUT2D eigenvalue weighted by Crippen LogP contribution is 2.28. The summed E-state index contributed by atoms with van der Waals surface area (Å²) in [6, 6.07) is 6.35. The molecular formula is C15H23Br2N. The van der Waals surface area contributed by atoms with Crippen molar-refractivity contribution in [3.05, 3.63) is 32.7 Å². The molecule has 0 radical (unpaired) electrons. The second-order valence-electron chi connectivity index (χ2n) is 4.83. The summed E-state index contributed by atoms with van der Waals surface area (Å²) in [5.74, 6) is 0. The second-order valence-corrected chi connectivity index (χ2v) is 6.60. The standard InChI is InChI=1S/C15H23Br2N/c1-2-3-4-5-6-7-8-15(18)13-11-12(16)9-10-14(13)17/h9-11,15H,2-8,18H2,1H3. The first-order valence-corrected chi connectivity index (χ1v) is 8.44. The summed E-state index contributed by atoms with van der Waals surface area (Å²) in [5, 5.41) is 0. The number of rotatable bonds is 8. The molecule has 0 bridgehead atoms. The van der Waals surface area contributed by atoms with Crippen LogP contribution in [0.4, 0.5) is 0 Å². The molecule has 0 heterocycles. The Morgan fingerprint density at radius 3 is 2.44 bits per heavy atom. The summed E-state index contributed by atoms with van der Waals surface area (Å²) in [7, 11) is 0. The lowest BCUT2D eigenvalue weighted by Crippen LogP contribution is -2.10. The molecule has 0 saturated heterocycles. The Labute approximate surface area is 128 Å². The lowest BCUT2D eigenvalue weighted by atomic mass is 10.0. The molecule has 1 atom stereocenters. The first-order chi connectivity index (χ1) is 8.65. The van der Waals surface area contributed by atoms with E-state index in [1.807, 2.05) is 6.07 Å². The third-order valence-corrected chi connectivity index (χ3v) is 4.44. The minimum absolute atomic E-state index is 0.142. The van der Waals surface area contributed by atoms with Crippen molar-refractivity contribution in [2.75, 3.05) is 0 Å². The Kier molecular flexibility index (Phi) is 8.20. The highest BCUT2D eigenvalue weighted by molar-refractivity contribution is 9.11. The van der Waals surface area contributed by atoms with E-state index >= 15 is 0 Å². The quantitative estimate of drug-likeness (QED) is 0.556. The number of benzene rings is 1. The van der Waals surface area contributed by atoms with Crippen LogP contribution >= 0.6 is 31.9 Å². The highest BCUT2D eigenvalue weighted by Gasteiger charge is 2.09. The Balaban J connectivity index is 2.31. The van der Waals surface area contributed by atoms with Crippen molar-refractivity contribution in [3.63, 3.8) is 0 Å². The Morgan fingerprint density at radius 2 is 1.72 bits per heavy atom. The molecule has 18 heavy (non-hydrogen) atoms. The average Bonchev–Trinajstić information content (AvgIpc) is 2.36. The van der Waals surface area contributed by atoms with Crippen LogP contribution in [-0.4, -0.2) is 0 Å². The lowest BCUT2D eigenvalue weighted by molar-refractivity contribution is 0.546. The highest BCUT2D eigenvalue weighted by atomic mass is 79.9. The maximum Gasteiger partial charge on any atom is 0.0306 e. The molecule has 1 nitrogen and oxygen atoms in total. The van der Waals surface area contributed by atoms with E-state index in [9.17, 15) is 0 Å². The SMILES string of the molecule is CCCCCCCCC(N)c1cc(Br)ccc1Br. The first-order valence-electron chi connectivity index (χ1n) is 6.85. The predicted octanol–water partition coefficient (Wildman–Crippen LogP) is 5.96. The van der Waals surface area contributed by atoms with Crippen LogP contribution < -0.4 is 5.73 Å². The Bertz CT molecular complexity index is 352. The molecule has 1 unspecified atom stereocenters. The average molecular weight is 377 g/mol. The molecule has 0 aromatic heterocycles. The maximum absolute atomic E-state index is 6.25. The number of hydrogen-bond acceptors (Lipinski definition) is 1. The molecule has 0 amide bonds. The maximum atomic E-state index is 6.25. The van der Waals surface area contributed by atoms with Crippen molar-refractivity contribution < 1.29 is 0 Å². The van der Waals surface area contributed by atoms with E-state index in [-0.39, 0.29) is 6.04 Å². The molecule has 0 spiro atoms. The Morgan fingerprint density at radius 1 is 1.06 bits per heavy atom. The van der Waals surface area contributed by atoms with Gasteiger partial charge < -0.3 is 5.73 Å². The molecule has 102 valence electrons. The summed E-state index contributed by atoms with van der Waals surface area (Å²) in [5.41, 5.74) is 7.46. The van der Waals surface area contributed by atoms with Gasteiger partial charge in [0.25, 0.3) is 0 Å². The molecule has 3 heteroatoms. The van der Waals surface area contributed by atoms with Gasteiger partial charge in [-0.15, -0.1) is 0 Å². The van der Waals surface area contributed by atoms with E-state index in [0.717, 1.165) is 15.4 Å². The van der Waals surface area contributed by atoms with E-state index in [4.69, 9.17) is 5.73 Å². The lowest BCUT2D eigenvalue weighted by Gasteiger charge is -2.14. The second kappa shape index (κ2) is 9.11. The monoisotopic (exact) mass is 375 g/mol. The van der Waals surface area contributed by atoms with Gasteiger partial charge in [0.1, 0.15) is 0 Å². The van der Waals surface area contributed by atoms with Crippen LogP contribution in [0.3, 0.4) is 0 Å². The summed E-state index contributed by atoms with van der Waals surface area (Å²) < 4.78 is 2.21. The summed E-state index contributed by atoms with van der Waals surface area (Å²) in [4.78, 5) is 0. The van der Waals surface area contributed by atoms with Gasteiger partial charge in [0.2, 0.25) is 0 Å². The molecule has 0 aliphatic carbocycles. The zero-order chi connectivity index (χ0) is 13.4. The normalized spacial score (nSPS) is 12.7. The van der Waals surface area contributed by atoms with Crippen LogP contribution in [0.5, 0.6) is 0 Å². The zero-order valence-corrected chi connectivity index (χ0v) is 14.3. The van der Waals surface area contributed by atoms with Gasteiger partial charge in [-0.05, 0) is 30.2 Å². The fourth-order valence-corrected chi connectivity index (χ4v) is 3.02. The molecule has 1 aromatic carbocycles. The Hall–Kier alpha value is 0.140. The number of halogens is 2. The van der Waals surface area contributed by atoms with Crippen molar-refractivity contribution in [2.24, 2.45) is 5.73 Å². The van der Waals surface area contributed by atoms with Crippen LogP contribution in [0.2, 0.25) is 0 Å². The van der Waals surface area contributed by atoms with Crippen molar-refractivity contribution in [2.45, 2.75) is 57.9 Å². The largest absolute Gasteiger partial charge is 0.324 e. The van der Waals surface area contributed by atoms with E-state index in [1.165, 1.54) is 44.1 Å². The van der Waals surface area contributed by atoms with Crippen LogP contribution in [0.25, 0.3) is 0 Å². The van der Waals surface area contributed by atoms with Gasteiger partial charge in [0.15, 0.2) is 0 Å². The molecular weight excluding hydrogens is 354 g/mol. The van der Waals surface area contributed by atoms with Crippen molar-refractivity contribution >= 4 is 31.9 Å². The predicted molar refractivity (Wildman–Crippen MR) is 86.8 cm³/mol. The number of hydrogen-bond donors (Lipinski definition) is 1. The molecule has 0 saturated carbocycles. The van der Waals surface area contributed by atoms with Gasteiger partial charge in [0, 0.05) is 15.0 Å². The van der Waals surface area contributed by atoms with Crippen molar-refractivity contribution in [1.29, 1.82) is 0 Å². The third kappa shape index (κ3) is 5.85. The summed E-state index contributed by atoms with van der Waals surface area (Å²) >= 11 is 7.07. The van der Waals surface area contributed by atoms with Crippen molar-refractivity contribution in [3.8, 4) is 0 Å². The first kappa shape index (κ1) is 16.2. The molecule has 1 rings (SSSR count). The van der Waals surface area contributed by atoms with Crippen LogP contribution in [0.1, 0.15) is 63.5 Å². The van der Waals surface area contributed by atoms with E-state index in [0.29, 0.717) is 0 Å². The molecule has 1 aromatic rings. The fourth-order valence-electron chi connectivity index (χ4n) is 2.10. The van der Waals surface area contributed by atoms with E-state index < -0.39 is 0 Å². The van der Waals surface area contributed by atoms with Gasteiger partial charge in [-0.2, -0.15) is 0 Å². The summed E-state index contributed by atoms with van der Waals surface area (Å²) in [6.07, 6.45) is 8.99. The zero-order valence-electron chi connectivity index (χ0n) is 11.1. The van der Waals surface area contributed by atoms with E-state index in [2.05, 4.69) is 50.9 Å². The number of unbranched alkanes of at least 4 members (excludes halogenated alkanes) is 5. The summed E-state index contributed by atoms with van der Waals surface area (Å²) in [6.45, 7) is 2.25. The molecule has 0 aliphatic rings. The van der Waals surface area contributed by atoms with Crippen LogP contribution in [0, 0.1) is 0 Å². The fraction of sp³-hybridized carbons (Fsp3) is 0.600.